The van der Waals surface area contributed by atoms with Crippen molar-refractivity contribution in [2.24, 2.45) is 7.05 Å². The summed E-state index contributed by atoms with van der Waals surface area (Å²) in [5.41, 5.74) is -1.44. The van der Waals surface area contributed by atoms with Crippen LogP contribution < -0.4 is 5.14 Å². The first-order valence-corrected chi connectivity index (χ1v) is 4.96. The molecule has 0 aromatic carbocycles. The van der Waals surface area contributed by atoms with Crippen LogP contribution in [0.2, 0.25) is 0 Å². The highest BCUT2D eigenvalue weighted by Gasteiger charge is 2.41. The van der Waals surface area contributed by atoms with Crippen LogP contribution in [0.1, 0.15) is 5.69 Å². The third kappa shape index (κ3) is 2.04. The van der Waals surface area contributed by atoms with Crippen LogP contribution in [0.5, 0.6) is 0 Å². The minimum absolute atomic E-state index is 0.769. The number of quaternary nitrogens is 1. The van der Waals surface area contributed by atoms with Gasteiger partial charge in [0.2, 0.25) is 0 Å². The van der Waals surface area contributed by atoms with E-state index in [1.54, 1.807) is 0 Å². The number of hydrogen-bond donors (Lipinski definition) is 1. The van der Waals surface area contributed by atoms with Crippen molar-refractivity contribution in [1.29, 1.82) is 0 Å². The number of aryl methyl sites for hydroxylation is 1. The van der Waals surface area contributed by atoms with E-state index in [9.17, 15) is 21.6 Å². The van der Waals surface area contributed by atoms with Crippen molar-refractivity contribution in [2.75, 3.05) is 0 Å². The van der Waals surface area contributed by atoms with Crippen LogP contribution in [0.15, 0.2) is 11.1 Å². The fraction of sp³-hybridized carbons (Fsp3) is 0.400. The number of aromatic nitrogens is 2. The van der Waals surface area contributed by atoms with Gasteiger partial charge in [0.1, 0.15) is 0 Å². The molecule has 80 valence electrons. The summed E-state index contributed by atoms with van der Waals surface area (Å²) in [7, 11) is -2.95. The summed E-state index contributed by atoms with van der Waals surface area (Å²) in [5.74, 6) is 0. The molecule has 1 aromatic rings. The highest BCUT2D eigenvalue weighted by Crippen LogP contribution is 2.31. The molecule has 9 heteroatoms. The van der Waals surface area contributed by atoms with Crippen molar-refractivity contribution < 1.29 is 26.7 Å². The Bertz CT molecular complexity index is 447. The summed E-state index contributed by atoms with van der Waals surface area (Å²) in [5, 5.41) is 5.67. The standard InChI is InChI=1S/C5H6F3N3O2S/c1-11-2-3(14(9,12)13)4(10-11)5(6,7)8/h2H,1H3,(H2,9,12,13)/p+1. The molecule has 0 spiro atoms. The van der Waals surface area contributed by atoms with Crippen LogP contribution >= 0.6 is 0 Å². The zero-order valence-corrected chi connectivity index (χ0v) is 7.85. The van der Waals surface area contributed by atoms with Gasteiger partial charge in [-0.3, -0.25) is 4.68 Å². The van der Waals surface area contributed by atoms with Gasteiger partial charge in [-0.25, -0.2) is 5.14 Å². The first kappa shape index (κ1) is 11.0. The molecular formula is C5H7F3N3O2S+. The number of rotatable bonds is 1. The zero-order chi connectivity index (χ0) is 11.1. The smallest absolute Gasteiger partial charge is 0.274 e. The van der Waals surface area contributed by atoms with E-state index in [1.165, 1.54) is 7.05 Å². The number of hydrogen-bond acceptors (Lipinski definition) is 3. The Hall–Kier alpha value is -1.09. The largest absolute Gasteiger partial charge is 0.436 e. The average molecular weight is 230 g/mol. The van der Waals surface area contributed by atoms with Crippen LogP contribution in [0.4, 0.5) is 13.2 Å². The Labute approximate surface area is 77.4 Å². The first-order chi connectivity index (χ1) is 6.12. The molecule has 0 amide bonds. The van der Waals surface area contributed by atoms with Gasteiger partial charge in [0, 0.05) is 13.2 Å². The number of halogens is 3. The Morgan fingerprint density at radius 3 is 2.29 bits per heavy atom. The molecule has 0 saturated heterocycles. The Kier molecular flexibility index (Phi) is 2.32. The van der Waals surface area contributed by atoms with Crippen LogP contribution in [0.25, 0.3) is 0 Å². The highest BCUT2D eigenvalue weighted by atomic mass is 32.2. The van der Waals surface area contributed by atoms with Crippen molar-refractivity contribution in [3.05, 3.63) is 11.9 Å². The van der Waals surface area contributed by atoms with Crippen LogP contribution in [0, 0.1) is 0 Å². The summed E-state index contributed by atoms with van der Waals surface area (Å²) < 4.78 is 59.1. The minimum atomic E-state index is -4.79. The van der Waals surface area contributed by atoms with Gasteiger partial charge in [-0.05, 0) is 0 Å². The quantitative estimate of drug-likeness (QED) is 0.697. The molecular weight excluding hydrogens is 223 g/mol. The molecule has 1 heterocycles. The third-order valence-electron chi connectivity index (χ3n) is 1.40. The second kappa shape index (κ2) is 2.95. The molecule has 0 radical (unpaired) electrons. The molecule has 0 aliphatic carbocycles. The lowest BCUT2D eigenvalue weighted by Gasteiger charge is -2.02. The summed E-state index contributed by atoms with van der Waals surface area (Å²) in [6.45, 7) is 0. The van der Waals surface area contributed by atoms with E-state index < -0.39 is 26.8 Å². The van der Waals surface area contributed by atoms with E-state index in [2.05, 4.69) is 10.2 Å². The van der Waals surface area contributed by atoms with E-state index in [0.29, 0.717) is 0 Å². The topological polar surface area (TPSA) is 79.6 Å². The molecule has 14 heavy (non-hydrogen) atoms. The molecule has 0 unspecified atom stereocenters. The number of sulfonamides is 1. The zero-order valence-electron chi connectivity index (χ0n) is 7.04. The van der Waals surface area contributed by atoms with Crippen molar-refractivity contribution in [2.45, 2.75) is 11.1 Å². The molecule has 1 rings (SSSR count). The van der Waals surface area contributed by atoms with Gasteiger partial charge in [-0.2, -0.15) is 26.7 Å². The van der Waals surface area contributed by atoms with Gasteiger partial charge >= 0.3 is 16.2 Å². The molecule has 0 atom stereocenters. The van der Waals surface area contributed by atoms with E-state index >= 15 is 0 Å². The molecule has 0 bridgehead atoms. The van der Waals surface area contributed by atoms with E-state index in [1.807, 2.05) is 0 Å². The van der Waals surface area contributed by atoms with E-state index in [0.717, 1.165) is 10.9 Å². The normalized spacial score (nSPS) is 13.2. The van der Waals surface area contributed by atoms with Crippen molar-refractivity contribution >= 4 is 10.0 Å². The fourth-order valence-electron chi connectivity index (χ4n) is 0.891. The van der Waals surface area contributed by atoms with E-state index in [4.69, 9.17) is 0 Å². The Morgan fingerprint density at radius 1 is 1.50 bits per heavy atom. The maximum absolute atomic E-state index is 12.2. The second-order valence-corrected chi connectivity index (χ2v) is 4.30. The summed E-state index contributed by atoms with van der Waals surface area (Å²) >= 11 is 0. The van der Waals surface area contributed by atoms with Crippen LogP contribution in [-0.2, 0) is 23.2 Å². The summed E-state index contributed by atoms with van der Waals surface area (Å²) in [4.78, 5) is -0.910. The monoisotopic (exact) mass is 230 g/mol. The van der Waals surface area contributed by atoms with Gasteiger partial charge in [0.25, 0.3) is 0 Å². The van der Waals surface area contributed by atoms with Crippen molar-refractivity contribution in [3.63, 3.8) is 0 Å². The van der Waals surface area contributed by atoms with Gasteiger partial charge in [-0.1, -0.05) is 0 Å². The summed E-state index contributed by atoms with van der Waals surface area (Å²) in [6, 6.07) is 0. The number of nitrogens with zero attached hydrogens (tertiary/aromatic N) is 2. The summed E-state index contributed by atoms with van der Waals surface area (Å²) in [6.07, 6.45) is -4.02. The lowest BCUT2D eigenvalue weighted by Crippen LogP contribution is -2.56. The van der Waals surface area contributed by atoms with Crippen molar-refractivity contribution in [3.8, 4) is 0 Å². The predicted octanol–water partition coefficient (Wildman–Crippen LogP) is -0.631. The SMILES string of the molecule is Cn1cc(S([NH3+])(=O)=O)c(C(F)(F)F)n1. The second-order valence-electron chi connectivity index (χ2n) is 2.63. The minimum Gasteiger partial charge on any atom is -0.274 e. The molecule has 0 fully saturated rings. The van der Waals surface area contributed by atoms with Gasteiger partial charge in [-0.15, -0.1) is 0 Å². The Balaban J connectivity index is 3.46. The third-order valence-corrected chi connectivity index (χ3v) is 2.37. The molecule has 0 saturated carbocycles. The maximum atomic E-state index is 12.2. The first-order valence-electron chi connectivity index (χ1n) is 3.31. The molecule has 0 aliphatic heterocycles. The predicted molar refractivity (Wildman–Crippen MR) is 38.3 cm³/mol. The fourth-order valence-corrected chi connectivity index (χ4v) is 1.65. The highest BCUT2D eigenvalue weighted by molar-refractivity contribution is 7.84. The van der Waals surface area contributed by atoms with Gasteiger partial charge in [0.15, 0.2) is 10.6 Å². The van der Waals surface area contributed by atoms with E-state index in [-0.39, 0.29) is 0 Å². The van der Waals surface area contributed by atoms with Crippen molar-refractivity contribution in [1.82, 2.24) is 9.78 Å². The molecule has 3 N–H and O–H groups in total. The lowest BCUT2D eigenvalue weighted by molar-refractivity contribution is -0.168. The number of alkyl halides is 3. The maximum Gasteiger partial charge on any atom is 0.436 e. The van der Waals surface area contributed by atoms with Gasteiger partial charge in [0.05, 0.1) is 0 Å². The van der Waals surface area contributed by atoms with Gasteiger partial charge < -0.3 is 0 Å². The molecule has 1 aromatic heterocycles. The molecule has 5 nitrogen and oxygen atoms in total. The van der Waals surface area contributed by atoms with Crippen LogP contribution in [-0.4, -0.2) is 18.2 Å². The molecule has 0 aliphatic rings. The Morgan fingerprint density at radius 2 is 2.00 bits per heavy atom. The lowest BCUT2D eigenvalue weighted by atomic mass is 10.4. The van der Waals surface area contributed by atoms with Crippen LogP contribution in [0.3, 0.4) is 0 Å². The average Bonchev–Trinajstić information content (AvgIpc) is 2.27.